The van der Waals surface area contributed by atoms with Crippen LogP contribution in [-0.2, 0) is 4.79 Å². The highest BCUT2D eigenvalue weighted by atomic mass is 19.4. The van der Waals surface area contributed by atoms with Crippen LogP contribution in [0.15, 0.2) is 84.1 Å². The molecule has 39 heavy (non-hydrogen) atoms. The first-order valence-corrected chi connectivity index (χ1v) is 11.3. The first-order chi connectivity index (χ1) is 18.6. The second-order valence-electron chi connectivity index (χ2n) is 8.20. The molecule has 1 amide bonds. The van der Waals surface area contributed by atoms with E-state index in [1.807, 2.05) is 66.1 Å². The van der Waals surface area contributed by atoms with Gasteiger partial charge in [0.05, 0.1) is 18.4 Å². The topological polar surface area (TPSA) is 119 Å². The molecule has 0 radical (unpaired) electrons. The number of aromatic nitrogens is 3. The van der Waals surface area contributed by atoms with Gasteiger partial charge in [-0.1, -0.05) is 24.3 Å². The molecule has 4 aromatic heterocycles. The van der Waals surface area contributed by atoms with Gasteiger partial charge in [0, 0.05) is 17.9 Å². The van der Waals surface area contributed by atoms with E-state index >= 15 is 0 Å². The average Bonchev–Trinajstić information content (AvgIpc) is 3.57. The van der Waals surface area contributed by atoms with Crippen LogP contribution in [0.25, 0.3) is 28.0 Å². The van der Waals surface area contributed by atoms with Crippen molar-refractivity contribution in [2.45, 2.75) is 13.1 Å². The van der Waals surface area contributed by atoms with E-state index in [1.165, 1.54) is 12.7 Å². The van der Waals surface area contributed by atoms with Crippen molar-refractivity contribution in [1.29, 1.82) is 0 Å². The van der Waals surface area contributed by atoms with Gasteiger partial charge in [-0.3, -0.25) is 4.79 Å². The molecule has 9 nitrogen and oxygen atoms in total. The van der Waals surface area contributed by atoms with Crippen LogP contribution in [0.3, 0.4) is 0 Å². The van der Waals surface area contributed by atoms with Crippen molar-refractivity contribution in [3.05, 3.63) is 90.8 Å². The Morgan fingerprint density at radius 3 is 2.44 bits per heavy atom. The lowest BCUT2D eigenvalue weighted by molar-refractivity contribution is -0.192. The number of amides is 1. The maximum Gasteiger partial charge on any atom is 0.490 e. The molecule has 2 N–H and O–H groups in total. The molecule has 0 saturated carbocycles. The van der Waals surface area contributed by atoms with E-state index in [1.54, 1.807) is 19.4 Å². The number of methoxy groups -OCH3 is 1. The molecule has 4 heterocycles. The highest BCUT2D eigenvalue weighted by Crippen LogP contribution is 2.31. The summed E-state index contributed by atoms with van der Waals surface area (Å²) in [4.78, 5) is 30.7. The number of alkyl halides is 3. The molecule has 0 bridgehead atoms. The van der Waals surface area contributed by atoms with Crippen molar-refractivity contribution >= 4 is 23.2 Å². The molecule has 12 heteroatoms. The number of nitrogens with one attached hydrogen (secondary N) is 1. The summed E-state index contributed by atoms with van der Waals surface area (Å²) in [7, 11) is 1.64. The molecule has 5 rings (SSSR count). The minimum Gasteiger partial charge on any atom is -0.497 e. The van der Waals surface area contributed by atoms with Gasteiger partial charge in [-0.05, 0) is 53.9 Å². The minimum absolute atomic E-state index is 0.272. The minimum atomic E-state index is -5.08. The van der Waals surface area contributed by atoms with Gasteiger partial charge in [-0.15, -0.1) is 0 Å². The lowest BCUT2D eigenvalue weighted by atomic mass is 10.1. The number of aryl methyl sites for hydroxylation is 1. The largest absolute Gasteiger partial charge is 0.497 e. The number of ether oxygens (including phenoxy) is 1. The molecule has 0 aliphatic rings. The number of hydrogen-bond acceptors (Lipinski definition) is 6. The van der Waals surface area contributed by atoms with E-state index < -0.39 is 12.1 Å². The number of anilines is 1. The summed E-state index contributed by atoms with van der Waals surface area (Å²) in [6.45, 7) is 1.95. The summed E-state index contributed by atoms with van der Waals surface area (Å²) in [6.07, 6.45) is 1.49. The van der Waals surface area contributed by atoms with Gasteiger partial charge < -0.3 is 24.0 Å². The Bertz CT molecular complexity index is 1610. The number of oxazole rings is 1. The molecular formula is C27H21F3N4O5. The monoisotopic (exact) mass is 538 g/mol. The Kier molecular flexibility index (Phi) is 7.65. The fourth-order valence-corrected chi connectivity index (χ4v) is 3.63. The number of nitrogens with zero attached hydrogens (tertiary/aromatic N) is 3. The van der Waals surface area contributed by atoms with Crippen LogP contribution in [0.4, 0.5) is 19.0 Å². The normalized spacial score (nSPS) is 11.0. The van der Waals surface area contributed by atoms with Crippen LogP contribution >= 0.6 is 0 Å². The molecule has 0 unspecified atom stereocenters. The summed E-state index contributed by atoms with van der Waals surface area (Å²) in [5.74, 6) is -1.77. The van der Waals surface area contributed by atoms with Gasteiger partial charge >= 0.3 is 12.1 Å². The summed E-state index contributed by atoms with van der Waals surface area (Å²) in [6, 6.07) is 17.3. The zero-order valence-electron chi connectivity index (χ0n) is 20.6. The van der Waals surface area contributed by atoms with Crippen LogP contribution in [0.5, 0.6) is 5.75 Å². The lowest BCUT2D eigenvalue weighted by Crippen LogP contribution is -2.21. The number of aliphatic carboxylic acids is 1. The maximum atomic E-state index is 13.2. The lowest BCUT2D eigenvalue weighted by Gasteiger charge is -2.08. The molecule has 0 fully saturated rings. The van der Waals surface area contributed by atoms with E-state index in [2.05, 4.69) is 15.3 Å². The SMILES string of the molecule is COc1cccc(-c2ccc3cc(C(=O)Nc4ccc(C)cn4)c(-c4cocn4)n3c2)c1.O=C(O)C(F)(F)F. The zero-order valence-corrected chi connectivity index (χ0v) is 20.6. The second-order valence-corrected chi connectivity index (χ2v) is 8.20. The first kappa shape index (κ1) is 26.9. The predicted molar refractivity (Wildman–Crippen MR) is 135 cm³/mol. The van der Waals surface area contributed by atoms with Crippen molar-refractivity contribution in [3.63, 3.8) is 0 Å². The Morgan fingerprint density at radius 1 is 1.05 bits per heavy atom. The number of fused-ring (bicyclic) bond motifs is 1. The number of halogens is 3. The number of rotatable bonds is 5. The number of carbonyl (C=O) groups is 2. The van der Waals surface area contributed by atoms with Crippen LogP contribution in [0, 0.1) is 6.92 Å². The summed E-state index contributed by atoms with van der Waals surface area (Å²) >= 11 is 0. The summed E-state index contributed by atoms with van der Waals surface area (Å²) in [5.41, 5.74) is 5.54. The van der Waals surface area contributed by atoms with Crippen LogP contribution in [-0.4, -0.2) is 44.6 Å². The molecule has 5 aromatic rings. The van der Waals surface area contributed by atoms with E-state index in [4.69, 9.17) is 19.1 Å². The zero-order chi connectivity index (χ0) is 28.2. The van der Waals surface area contributed by atoms with Gasteiger partial charge in [0.2, 0.25) is 0 Å². The van der Waals surface area contributed by atoms with Gasteiger partial charge in [-0.2, -0.15) is 13.2 Å². The van der Waals surface area contributed by atoms with Crippen LogP contribution in [0.2, 0.25) is 0 Å². The molecule has 1 aromatic carbocycles. The van der Waals surface area contributed by atoms with Gasteiger partial charge in [0.1, 0.15) is 23.5 Å². The molecule has 0 atom stereocenters. The Hall–Kier alpha value is -5.13. The fraction of sp³-hybridized carbons (Fsp3) is 0.111. The third-order valence-corrected chi connectivity index (χ3v) is 5.49. The molecular weight excluding hydrogens is 517 g/mol. The van der Waals surface area contributed by atoms with E-state index in [0.717, 1.165) is 28.0 Å². The van der Waals surface area contributed by atoms with E-state index in [-0.39, 0.29) is 5.91 Å². The Morgan fingerprint density at radius 2 is 1.82 bits per heavy atom. The van der Waals surface area contributed by atoms with Crippen LogP contribution < -0.4 is 10.1 Å². The Balaban J connectivity index is 0.000000448. The standard InChI is InChI=1S/C25H20N4O3.C2HF3O2/c1-16-6-9-23(26-12-16)28-25(30)21-11-19-8-7-18(17-4-3-5-20(10-17)31-2)13-29(19)24(21)22-14-32-15-27-22;3-2(4,5)1(6)7/h3-15H,1-2H3,(H,26,28,30);(H,6,7). The quantitative estimate of drug-likeness (QED) is 0.288. The van der Waals surface area contributed by atoms with Crippen molar-refractivity contribution in [2.75, 3.05) is 12.4 Å². The maximum absolute atomic E-state index is 13.2. The van der Waals surface area contributed by atoms with Crippen molar-refractivity contribution in [1.82, 2.24) is 14.4 Å². The fourth-order valence-electron chi connectivity index (χ4n) is 3.63. The molecule has 0 aliphatic carbocycles. The Labute approximate surface area is 219 Å². The highest BCUT2D eigenvalue weighted by Gasteiger charge is 2.38. The molecule has 0 spiro atoms. The van der Waals surface area contributed by atoms with Crippen LogP contribution in [0.1, 0.15) is 15.9 Å². The number of carboxylic acids is 1. The summed E-state index contributed by atoms with van der Waals surface area (Å²) in [5, 5.41) is 10.00. The predicted octanol–water partition coefficient (Wildman–Crippen LogP) is 5.86. The number of pyridine rings is 2. The van der Waals surface area contributed by atoms with Gasteiger partial charge in [0.25, 0.3) is 5.91 Å². The number of benzene rings is 1. The second kappa shape index (κ2) is 11.1. The van der Waals surface area contributed by atoms with E-state index in [9.17, 15) is 18.0 Å². The molecule has 0 aliphatic heterocycles. The third kappa shape index (κ3) is 6.24. The smallest absolute Gasteiger partial charge is 0.490 e. The number of carboxylic acid groups (broad SMARTS) is 1. The number of carbonyl (C=O) groups excluding carboxylic acids is 1. The summed E-state index contributed by atoms with van der Waals surface area (Å²) < 4.78 is 44.3. The van der Waals surface area contributed by atoms with Crippen molar-refractivity contribution in [3.8, 4) is 28.3 Å². The van der Waals surface area contributed by atoms with Gasteiger partial charge in [-0.25, -0.2) is 14.8 Å². The van der Waals surface area contributed by atoms with E-state index in [0.29, 0.717) is 22.8 Å². The average molecular weight is 538 g/mol. The molecule has 0 saturated heterocycles. The number of hydrogen-bond donors (Lipinski definition) is 2. The van der Waals surface area contributed by atoms with Crippen molar-refractivity contribution < 1.29 is 37.0 Å². The highest BCUT2D eigenvalue weighted by molar-refractivity contribution is 6.09. The first-order valence-electron chi connectivity index (χ1n) is 11.3. The van der Waals surface area contributed by atoms with Gasteiger partial charge in [0.15, 0.2) is 6.39 Å². The van der Waals surface area contributed by atoms with Crippen molar-refractivity contribution in [2.24, 2.45) is 0 Å². The molecule has 200 valence electrons. The third-order valence-electron chi connectivity index (χ3n) is 5.49.